The molecule has 1 saturated heterocycles. The van der Waals surface area contributed by atoms with Gasteiger partial charge in [-0.2, -0.15) is 10.1 Å². The molecule has 0 atom stereocenters. The molecular weight excluding hydrogens is 308 g/mol. The molecule has 0 bridgehead atoms. The Labute approximate surface area is 140 Å². The number of amides is 1. The van der Waals surface area contributed by atoms with E-state index in [2.05, 4.69) is 20.4 Å². The van der Waals surface area contributed by atoms with Crippen molar-refractivity contribution >= 4 is 22.9 Å². The van der Waals surface area contributed by atoms with Gasteiger partial charge < -0.3 is 10.2 Å². The highest BCUT2D eigenvalue weighted by molar-refractivity contribution is 5.77. The summed E-state index contributed by atoms with van der Waals surface area (Å²) in [5.41, 5.74) is 0.0365. The topological polar surface area (TPSA) is 95.9 Å². The number of rotatable bonds is 4. The number of carbonyl (C=O) groups excluding carboxylic acids is 1. The molecule has 24 heavy (non-hydrogen) atoms. The van der Waals surface area contributed by atoms with Gasteiger partial charge in [0.2, 0.25) is 11.9 Å². The molecule has 2 aromatic heterocycles. The number of nitrogens with one attached hydrogen (secondary N) is 2. The molecule has 2 aromatic rings. The number of likely N-dealkylation sites (tertiary alicyclic amines) is 1. The Balaban J connectivity index is 1.73. The van der Waals surface area contributed by atoms with Gasteiger partial charge in [0.05, 0.1) is 11.7 Å². The van der Waals surface area contributed by atoms with Crippen molar-refractivity contribution in [1.29, 1.82) is 0 Å². The summed E-state index contributed by atoms with van der Waals surface area (Å²) >= 11 is 0. The van der Waals surface area contributed by atoms with Crippen molar-refractivity contribution in [3.05, 3.63) is 16.6 Å². The molecule has 1 fully saturated rings. The van der Waals surface area contributed by atoms with E-state index in [1.807, 2.05) is 25.7 Å². The van der Waals surface area contributed by atoms with E-state index >= 15 is 0 Å². The van der Waals surface area contributed by atoms with Crippen LogP contribution in [0.3, 0.4) is 0 Å². The molecule has 130 valence electrons. The summed E-state index contributed by atoms with van der Waals surface area (Å²) in [7, 11) is 0. The second-order valence-electron chi connectivity index (χ2n) is 7.14. The molecule has 3 rings (SSSR count). The number of aromatic nitrogens is 4. The van der Waals surface area contributed by atoms with Crippen LogP contribution in [0.2, 0.25) is 0 Å². The minimum Gasteiger partial charge on any atom is -0.355 e. The van der Waals surface area contributed by atoms with Crippen molar-refractivity contribution < 1.29 is 4.79 Å². The van der Waals surface area contributed by atoms with E-state index in [0.717, 1.165) is 25.9 Å². The SMILES string of the molecule is CC(C)(C)n1ncc2c(=O)[nH]c(NCCC(=O)N3CCCC3)nc21. The smallest absolute Gasteiger partial charge is 0.263 e. The summed E-state index contributed by atoms with van der Waals surface area (Å²) in [6.45, 7) is 8.15. The van der Waals surface area contributed by atoms with Crippen LogP contribution < -0.4 is 10.9 Å². The number of fused-ring (bicyclic) bond motifs is 1. The van der Waals surface area contributed by atoms with Crippen LogP contribution in [-0.4, -0.2) is 50.2 Å². The predicted octanol–water partition coefficient (Wildman–Crippen LogP) is 1.30. The van der Waals surface area contributed by atoms with Crippen molar-refractivity contribution in [3.8, 4) is 0 Å². The molecule has 0 aromatic carbocycles. The summed E-state index contributed by atoms with van der Waals surface area (Å²) in [4.78, 5) is 33.3. The molecule has 0 radical (unpaired) electrons. The molecule has 2 N–H and O–H groups in total. The second-order valence-corrected chi connectivity index (χ2v) is 7.14. The maximum absolute atomic E-state index is 12.2. The van der Waals surface area contributed by atoms with Gasteiger partial charge in [-0.25, -0.2) is 4.68 Å². The first kappa shape index (κ1) is 16.5. The van der Waals surface area contributed by atoms with E-state index in [-0.39, 0.29) is 17.0 Å². The lowest BCUT2D eigenvalue weighted by molar-refractivity contribution is -0.129. The first-order valence-corrected chi connectivity index (χ1v) is 8.36. The molecule has 0 aliphatic carbocycles. The zero-order valence-corrected chi connectivity index (χ0v) is 14.4. The van der Waals surface area contributed by atoms with Crippen molar-refractivity contribution in [2.45, 2.75) is 45.6 Å². The number of hydrogen-bond acceptors (Lipinski definition) is 5. The Morgan fingerprint density at radius 1 is 1.33 bits per heavy atom. The normalized spacial score (nSPS) is 15.2. The summed E-state index contributed by atoms with van der Waals surface area (Å²) < 4.78 is 1.73. The quantitative estimate of drug-likeness (QED) is 0.880. The van der Waals surface area contributed by atoms with Crippen LogP contribution in [0, 0.1) is 0 Å². The lowest BCUT2D eigenvalue weighted by Gasteiger charge is -2.19. The standard InChI is InChI=1S/C16H24N6O2/c1-16(2,3)22-13-11(10-18-22)14(24)20-15(19-13)17-7-6-12(23)21-8-4-5-9-21/h10H,4-9H2,1-3H3,(H2,17,19,20,24). The van der Waals surface area contributed by atoms with Crippen LogP contribution in [0.15, 0.2) is 11.0 Å². The molecule has 1 aliphatic heterocycles. The highest BCUT2D eigenvalue weighted by Crippen LogP contribution is 2.18. The average molecular weight is 332 g/mol. The Hall–Kier alpha value is -2.38. The third kappa shape index (κ3) is 3.27. The van der Waals surface area contributed by atoms with E-state index in [9.17, 15) is 9.59 Å². The second kappa shape index (κ2) is 6.26. The van der Waals surface area contributed by atoms with E-state index in [1.54, 1.807) is 4.68 Å². The van der Waals surface area contributed by atoms with Gasteiger partial charge in [-0.1, -0.05) is 0 Å². The fraction of sp³-hybridized carbons (Fsp3) is 0.625. The minimum absolute atomic E-state index is 0.142. The fourth-order valence-corrected chi connectivity index (χ4v) is 2.91. The minimum atomic E-state index is -0.272. The van der Waals surface area contributed by atoms with Gasteiger partial charge in [0.25, 0.3) is 5.56 Å². The average Bonchev–Trinajstić information content (AvgIpc) is 3.16. The van der Waals surface area contributed by atoms with Gasteiger partial charge in [-0.05, 0) is 33.6 Å². The molecule has 1 aliphatic rings. The number of anilines is 1. The molecule has 8 nitrogen and oxygen atoms in total. The number of aromatic amines is 1. The third-order valence-corrected chi connectivity index (χ3v) is 4.16. The van der Waals surface area contributed by atoms with E-state index in [4.69, 9.17) is 0 Å². The zero-order valence-electron chi connectivity index (χ0n) is 14.4. The molecule has 0 saturated carbocycles. The largest absolute Gasteiger partial charge is 0.355 e. The fourth-order valence-electron chi connectivity index (χ4n) is 2.91. The Morgan fingerprint density at radius 2 is 2.04 bits per heavy atom. The van der Waals surface area contributed by atoms with Gasteiger partial charge in [0.1, 0.15) is 5.39 Å². The first-order chi connectivity index (χ1) is 11.4. The van der Waals surface area contributed by atoms with Gasteiger partial charge >= 0.3 is 0 Å². The van der Waals surface area contributed by atoms with E-state index in [1.165, 1.54) is 6.20 Å². The number of H-pyrrole nitrogens is 1. The highest BCUT2D eigenvalue weighted by atomic mass is 16.2. The monoisotopic (exact) mass is 332 g/mol. The summed E-state index contributed by atoms with van der Waals surface area (Å²) in [6.07, 6.45) is 4.09. The van der Waals surface area contributed by atoms with E-state index in [0.29, 0.717) is 29.9 Å². The Morgan fingerprint density at radius 3 is 2.71 bits per heavy atom. The van der Waals surface area contributed by atoms with Crippen molar-refractivity contribution in [3.63, 3.8) is 0 Å². The number of carbonyl (C=O) groups is 1. The number of hydrogen-bond donors (Lipinski definition) is 2. The first-order valence-electron chi connectivity index (χ1n) is 8.36. The lowest BCUT2D eigenvalue weighted by atomic mass is 10.1. The van der Waals surface area contributed by atoms with Crippen LogP contribution >= 0.6 is 0 Å². The predicted molar refractivity (Wildman–Crippen MR) is 92.1 cm³/mol. The lowest BCUT2D eigenvalue weighted by Crippen LogP contribution is -2.29. The summed E-state index contributed by atoms with van der Waals surface area (Å²) in [6, 6.07) is 0. The van der Waals surface area contributed by atoms with Gasteiger partial charge in [-0.15, -0.1) is 0 Å². The van der Waals surface area contributed by atoms with Gasteiger partial charge in [-0.3, -0.25) is 14.6 Å². The highest BCUT2D eigenvalue weighted by Gasteiger charge is 2.20. The Kier molecular flexibility index (Phi) is 4.29. The molecule has 1 amide bonds. The summed E-state index contributed by atoms with van der Waals surface area (Å²) in [5.74, 6) is 0.510. The van der Waals surface area contributed by atoms with Crippen molar-refractivity contribution in [1.82, 2.24) is 24.6 Å². The molecule has 8 heteroatoms. The molecule has 3 heterocycles. The third-order valence-electron chi connectivity index (χ3n) is 4.16. The maximum atomic E-state index is 12.2. The molecule has 0 unspecified atom stereocenters. The van der Waals surface area contributed by atoms with Crippen LogP contribution in [0.1, 0.15) is 40.0 Å². The Bertz CT molecular complexity index is 795. The van der Waals surface area contributed by atoms with Crippen LogP contribution in [0.4, 0.5) is 5.95 Å². The van der Waals surface area contributed by atoms with Gasteiger partial charge in [0.15, 0.2) is 5.65 Å². The number of nitrogens with zero attached hydrogens (tertiary/aromatic N) is 4. The van der Waals surface area contributed by atoms with E-state index < -0.39 is 0 Å². The van der Waals surface area contributed by atoms with Crippen LogP contribution in [-0.2, 0) is 10.3 Å². The summed E-state index contributed by atoms with van der Waals surface area (Å²) in [5, 5.41) is 7.78. The molecular formula is C16H24N6O2. The maximum Gasteiger partial charge on any atom is 0.263 e. The van der Waals surface area contributed by atoms with Crippen LogP contribution in [0.5, 0.6) is 0 Å². The van der Waals surface area contributed by atoms with Crippen molar-refractivity contribution in [2.24, 2.45) is 0 Å². The zero-order chi connectivity index (χ0) is 17.3. The van der Waals surface area contributed by atoms with Crippen LogP contribution in [0.25, 0.3) is 11.0 Å². The molecule has 0 spiro atoms. The van der Waals surface area contributed by atoms with Gasteiger partial charge in [0, 0.05) is 26.1 Å². The van der Waals surface area contributed by atoms with Crippen molar-refractivity contribution in [2.75, 3.05) is 25.0 Å².